The molecule has 0 amide bonds. The fraction of sp³-hybridized carbons (Fsp3) is 0.154. The number of carbonyl (C=O) groups is 1. The summed E-state index contributed by atoms with van der Waals surface area (Å²) in [6.07, 6.45) is 10.4. The first kappa shape index (κ1) is 9.71. The molecule has 0 bridgehead atoms. The van der Waals surface area contributed by atoms with Crippen molar-refractivity contribution in [3.8, 4) is 0 Å². The molecule has 0 atom stereocenters. The average molecular weight is 200 g/mol. The summed E-state index contributed by atoms with van der Waals surface area (Å²) in [5.41, 5.74) is 4.21. The third-order valence-electron chi connectivity index (χ3n) is 2.45. The van der Waals surface area contributed by atoms with Crippen LogP contribution in [-0.2, 0) is 9.53 Å². The largest absolute Gasteiger partial charge is 0.473 e. The highest BCUT2D eigenvalue weighted by Crippen LogP contribution is 2.28. The zero-order valence-corrected chi connectivity index (χ0v) is 8.78. The lowest BCUT2D eigenvalue weighted by Crippen LogP contribution is -2.04. The van der Waals surface area contributed by atoms with Crippen molar-refractivity contribution in [3.05, 3.63) is 59.1 Å². The highest BCUT2D eigenvalue weighted by molar-refractivity contribution is 6.03. The first-order valence-electron chi connectivity index (χ1n) is 4.82. The molecule has 2 aliphatic rings. The third-order valence-corrected chi connectivity index (χ3v) is 2.45. The topological polar surface area (TPSA) is 26.3 Å². The minimum atomic E-state index is 0.0642. The zero-order chi connectivity index (χ0) is 10.8. The van der Waals surface area contributed by atoms with E-state index < -0.39 is 0 Å². The van der Waals surface area contributed by atoms with Gasteiger partial charge in [0, 0.05) is 0 Å². The molecule has 2 rings (SSSR count). The molecule has 0 radical (unpaired) electrons. The molecule has 76 valence electrons. The van der Waals surface area contributed by atoms with Gasteiger partial charge in [-0.25, -0.2) is 0 Å². The first-order valence-corrected chi connectivity index (χ1v) is 4.82. The highest BCUT2D eigenvalue weighted by Gasteiger charge is 2.14. The number of hydrogen-bond donors (Lipinski definition) is 0. The van der Waals surface area contributed by atoms with Crippen LogP contribution in [0.2, 0.25) is 0 Å². The van der Waals surface area contributed by atoms with Gasteiger partial charge in [-0.1, -0.05) is 0 Å². The molecule has 1 aliphatic heterocycles. The molecule has 0 aromatic rings. The first-order chi connectivity index (χ1) is 7.18. The van der Waals surface area contributed by atoms with Crippen LogP contribution in [0.3, 0.4) is 0 Å². The van der Waals surface area contributed by atoms with E-state index in [0.717, 1.165) is 22.3 Å². The second kappa shape index (κ2) is 3.73. The summed E-state index contributed by atoms with van der Waals surface area (Å²) in [5, 5.41) is 0. The predicted octanol–water partition coefficient (Wildman–Crippen LogP) is 2.82. The number of ether oxygens (including phenoxy) is 1. The van der Waals surface area contributed by atoms with Gasteiger partial charge in [-0.15, -0.1) is 0 Å². The maximum absolute atomic E-state index is 11.3. The minimum Gasteiger partial charge on any atom is -0.473 e. The summed E-state index contributed by atoms with van der Waals surface area (Å²) in [6, 6.07) is 0. The van der Waals surface area contributed by atoms with Gasteiger partial charge in [-0.05, 0) is 60.4 Å². The lowest BCUT2D eigenvalue weighted by atomic mass is 9.89. The average Bonchev–Trinajstić information content (AvgIpc) is 2.17. The van der Waals surface area contributed by atoms with Crippen molar-refractivity contribution in [1.82, 2.24) is 0 Å². The van der Waals surface area contributed by atoms with Crippen molar-refractivity contribution in [2.24, 2.45) is 0 Å². The number of ketones is 1. The fourth-order valence-corrected chi connectivity index (χ4v) is 1.87. The minimum absolute atomic E-state index is 0.0642. The van der Waals surface area contributed by atoms with E-state index in [1.54, 1.807) is 24.7 Å². The maximum atomic E-state index is 11.3. The van der Waals surface area contributed by atoms with Crippen LogP contribution in [0.5, 0.6) is 0 Å². The van der Waals surface area contributed by atoms with E-state index in [2.05, 4.69) is 0 Å². The molecule has 0 aromatic carbocycles. The molecule has 0 unspecified atom stereocenters. The lowest BCUT2D eigenvalue weighted by Gasteiger charge is -2.16. The van der Waals surface area contributed by atoms with Crippen LogP contribution in [0.25, 0.3) is 0 Å². The van der Waals surface area contributed by atoms with Crippen molar-refractivity contribution >= 4 is 5.78 Å². The van der Waals surface area contributed by atoms with Gasteiger partial charge in [0.05, 0.1) is 12.5 Å². The Kier molecular flexibility index (Phi) is 2.42. The van der Waals surface area contributed by atoms with Gasteiger partial charge in [0.1, 0.15) is 0 Å². The third kappa shape index (κ3) is 1.84. The molecule has 1 aliphatic carbocycles. The van der Waals surface area contributed by atoms with E-state index in [1.807, 2.05) is 26.0 Å². The summed E-state index contributed by atoms with van der Waals surface area (Å²) in [6.45, 7) is 3.90. The Balaban J connectivity index is 2.53. The molecule has 0 N–H and O–H groups in total. The summed E-state index contributed by atoms with van der Waals surface area (Å²) >= 11 is 0. The summed E-state index contributed by atoms with van der Waals surface area (Å²) in [4.78, 5) is 11.3. The standard InChI is InChI=1S/C13H12O2/c1-9-7-12(14)8-10(2)13(9)11-3-5-15-6-4-11/h3-8H,1-2H3. The van der Waals surface area contributed by atoms with Gasteiger partial charge in [0.2, 0.25) is 0 Å². The van der Waals surface area contributed by atoms with E-state index in [0.29, 0.717) is 0 Å². The van der Waals surface area contributed by atoms with Crippen LogP contribution in [-0.4, -0.2) is 5.78 Å². The molecular formula is C13H12O2. The normalized spacial score (nSPS) is 20.0. The van der Waals surface area contributed by atoms with Crippen molar-refractivity contribution in [3.63, 3.8) is 0 Å². The maximum Gasteiger partial charge on any atom is 0.179 e. The van der Waals surface area contributed by atoms with Gasteiger partial charge in [0.25, 0.3) is 0 Å². The number of hydrogen-bond acceptors (Lipinski definition) is 2. The van der Waals surface area contributed by atoms with Crippen LogP contribution >= 0.6 is 0 Å². The molecular weight excluding hydrogens is 188 g/mol. The zero-order valence-electron chi connectivity index (χ0n) is 8.78. The fourth-order valence-electron chi connectivity index (χ4n) is 1.87. The van der Waals surface area contributed by atoms with E-state index in [1.165, 1.54) is 0 Å². The monoisotopic (exact) mass is 200 g/mol. The Labute approximate surface area is 88.9 Å². The Bertz CT molecular complexity index is 419. The Hall–Kier alpha value is -1.83. The molecule has 2 nitrogen and oxygen atoms in total. The Morgan fingerprint density at radius 1 is 1.00 bits per heavy atom. The second-order valence-electron chi connectivity index (χ2n) is 3.63. The van der Waals surface area contributed by atoms with Gasteiger partial charge in [-0.2, -0.15) is 0 Å². The lowest BCUT2D eigenvalue weighted by molar-refractivity contribution is -0.110. The smallest absolute Gasteiger partial charge is 0.179 e. The number of rotatable bonds is 0. The molecule has 2 heteroatoms. The van der Waals surface area contributed by atoms with Gasteiger partial charge in [0.15, 0.2) is 5.78 Å². The van der Waals surface area contributed by atoms with Crippen molar-refractivity contribution in [2.45, 2.75) is 13.8 Å². The molecule has 0 fully saturated rings. The number of allylic oxidation sites excluding steroid dienone is 8. The quantitative estimate of drug-likeness (QED) is 0.601. The van der Waals surface area contributed by atoms with Gasteiger partial charge in [-0.3, -0.25) is 4.79 Å². The Morgan fingerprint density at radius 3 is 2.07 bits per heavy atom. The van der Waals surface area contributed by atoms with Crippen LogP contribution in [0.1, 0.15) is 13.8 Å². The van der Waals surface area contributed by atoms with E-state index >= 15 is 0 Å². The molecule has 0 saturated carbocycles. The van der Waals surface area contributed by atoms with E-state index in [9.17, 15) is 4.79 Å². The molecule has 0 saturated heterocycles. The summed E-state index contributed by atoms with van der Waals surface area (Å²) < 4.78 is 4.98. The summed E-state index contributed by atoms with van der Waals surface area (Å²) in [5.74, 6) is 0.0642. The Morgan fingerprint density at radius 2 is 1.53 bits per heavy atom. The molecule has 1 heterocycles. The number of carbonyl (C=O) groups excluding carboxylic acids is 1. The van der Waals surface area contributed by atoms with Crippen molar-refractivity contribution < 1.29 is 9.53 Å². The predicted molar refractivity (Wildman–Crippen MR) is 58.9 cm³/mol. The molecule has 15 heavy (non-hydrogen) atoms. The van der Waals surface area contributed by atoms with E-state index in [-0.39, 0.29) is 5.78 Å². The van der Waals surface area contributed by atoms with Crippen LogP contribution in [0.15, 0.2) is 59.1 Å². The van der Waals surface area contributed by atoms with Gasteiger partial charge < -0.3 is 4.74 Å². The molecule has 0 spiro atoms. The van der Waals surface area contributed by atoms with Crippen LogP contribution in [0.4, 0.5) is 0 Å². The van der Waals surface area contributed by atoms with Crippen LogP contribution in [0, 0.1) is 0 Å². The van der Waals surface area contributed by atoms with Crippen LogP contribution < -0.4 is 0 Å². The summed E-state index contributed by atoms with van der Waals surface area (Å²) in [7, 11) is 0. The van der Waals surface area contributed by atoms with Crippen molar-refractivity contribution in [1.29, 1.82) is 0 Å². The second-order valence-corrected chi connectivity index (χ2v) is 3.63. The van der Waals surface area contributed by atoms with Crippen molar-refractivity contribution in [2.75, 3.05) is 0 Å². The highest BCUT2D eigenvalue weighted by atomic mass is 16.5. The van der Waals surface area contributed by atoms with Gasteiger partial charge >= 0.3 is 0 Å². The SMILES string of the molecule is CC1=CC(=O)C=C(C)C1=C1C=COC=C1. The molecule has 0 aromatic heterocycles. The van der Waals surface area contributed by atoms with E-state index in [4.69, 9.17) is 4.74 Å².